The molecule has 0 radical (unpaired) electrons. The number of amides is 1. The van der Waals surface area contributed by atoms with E-state index in [1.54, 1.807) is 66.7 Å². The van der Waals surface area contributed by atoms with Crippen LogP contribution in [0, 0.1) is 6.92 Å². The molecule has 0 saturated carbocycles. The summed E-state index contributed by atoms with van der Waals surface area (Å²) in [5.41, 5.74) is 2.08. The number of carboxylic acid groups (broad SMARTS) is 1. The predicted octanol–water partition coefficient (Wildman–Crippen LogP) is 6.64. The second kappa shape index (κ2) is 14.9. The minimum Gasteiger partial charge on any atom is -0.494 e. The molecule has 7 nitrogen and oxygen atoms in total. The molecular formula is C31H34ClNO6. The van der Waals surface area contributed by atoms with Crippen LogP contribution in [0.5, 0.6) is 11.5 Å². The van der Waals surface area contributed by atoms with Gasteiger partial charge in [-0.2, -0.15) is 0 Å². The number of nitrogens with one attached hydrogen (secondary N) is 1. The molecule has 1 atom stereocenters. The van der Waals surface area contributed by atoms with Gasteiger partial charge in [-0.15, -0.1) is 0 Å². The first-order valence-corrected chi connectivity index (χ1v) is 13.5. The molecule has 39 heavy (non-hydrogen) atoms. The van der Waals surface area contributed by atoms with E-state index in [-0.39, 0.29) is 17.0 Å². The number of aliphatic carboxylic acids is 1. The standard InChI is InChI=1S/C31H34ClNO6/c1-3-4-5-6-7-18-38-24-15-11-23(12-16-24)31(37)39-25-13-9-22(10-14-25)20-28(30(35)36)33-29(34)26-19-21(2)8-17-27(26)32/h8-17,19,28H,3-7,18,20H2,1-2H3,(H,33,34)(H,35,36)/t28-/m0/s1. The number of carboxylic acids is 1. The van der Waals surface area contributed by atoms with Gasteiger partial charge in [0, 0.05) is 6.42 Å². The van der Waals surface area contributed by atoms with Crippen molar-refractivity contribution >= 4 is 29.4 Å². The van der Waals surface area contributed by atoms with E-state index in [1.807, 2.05) is 6.92 Å². The molecule has 0 unspecified atom stereocenters. The Morgan fingerprint density at radius 3 is 2.23 bits per heavy atom. The van der Waals surface area contributed by atoms with Gasteiger partial charge in [0.25, 0.3) is 5.91 Å². The molecule has 0 spiro atoms. The molecule has 0 aliphatic heterocycles. The molecule has 3 aromatic carbocycles. The summed E-state index contributed by atoms with van der Waals surface area (Å²) >= 11 is 6.11. The Balaban J connectivity index is 1.52. The second-order valence-corrected chi connectivity index (χ2v) is 9.78. The zero-order valence-corrected chi connectivity index (χ0v) is 23.0. The fourth-order valence-corrected chi connectivity index (χ4v) is 4.13. The summed E-state index contributed by atoms with van der Waals surface area (Å²) in [5, 5.41) is 12.4. The lowest BCUT2D eigenvalue weighted by molar-refractivity contribution is -0.139. The number of halogens is 1. The highest BCUT2D eigenvalue weighted by atomic mass is 35.5. The quantitative estimate of drug-likeness (QED) is 0.132. The van der Waals surface area contributed by atoms with Crippen LogP contribution in [0.1, 0.15) is 70.9 Å². The van der Waals surface area contributed by atoms with Crippen molar-refractivity contribution in [3.63, 3.8) is 0 Å². The second-order valence-electron chi connectivity index (χ2n) is 9.37. The van der Waals surface area contributed by atoms with E-state index in [2.05, 4.69) is 12.2 Å². The van der Waals surface area contributed by atoms with Crippen molar-refractivity contribution in [1.82, 2.24) is 5.32 Å². The smallest absolute Gasteiger partial charge is 0.343 e. The largest absolute Gasteiger partial charge is 0.494 e. The lowest BCUT2D eigenvalue weighted by Gasteiger charge is -2.16. The van der Waals surface area contributed by atoms with Crippen molar-refractivity contribution in [1.29, 1.82) is 0 Å². The maximum Gasteiger partial charge on any atom is 0.343 e. The van der Waals surface area contributed by atoms with Crippen LogP contribution in [0.15, 0.2) is 66.7 Å². The molecule has 3 aromatic rings. The molecule has 0 saturated heterocycles. The Kier molecular flexibility index (Phi) is 11.4. The first-order valence-electron chi connectivity index (χ1n) is 13.1. The third kappa shape index (κ3) is 9.45. The van der Waals surface area contributed by atoms with Crippen LogP contribution in [0.2, 0.25) is 5.02 Å². The van der Waals surface area contributed by atoms with Crippen molar-refractivity contribution < 1.29 is 29.0 Å². The highest BCUT2D eigenvalue weighted by Gasteiger charge is 2.22. The molecule has 0 bridgehead atoms. The number of carbonyl (C=O) groups is 3. The highest BCUT2D eigenvalue weighted by molar-refractivity contribution is 6.33. The number of ether oxygens (including phenoxy) is 2. The van der Waals surface area contributed by atoms with Crippen molar-refractivity contribution in [2.75, 3.05) is 6.61 Å². The third-order valence-corrected chi connectivity index (χ3v) is 6.48. The molecule has 1 amide bonds. The number of benzene rings is 3. The van der Waals surface area contributed by atoms with E-state index in [1.165, 1.54) is 19.3 Å². The fraction of sp³-hybridized carbons (Fsp3) is 0.323. The average molecular weight is 552 g/mol. The lowest BCUT2D eigenvalue weighted by atomic mass is 10.0. The summed E-state index contributed by atoms with van der Waals surface area (Å²) in [6, 6.07) is 17.1. The Hall–Kier alpha value is -3.84. The summed E-state index contributed by atoms with van der Waals surface area (Å²) in [6.07, 6.45) is 5.85. The zero-order valence-electron chi connectivity index (χ0n) is 22.2. The van der Waals surface area contributed by atoms with Crippen LogP contribution < -0.4 is 14.8 Å². The predicted molar refractivity (Wildman–Crippen MR) is 151 cm³/mol. The van der Waals surface area contributed by atoms with E-state index in [0.717, 1.165) is 18.4 Å². The first-order chi connectivity index (χ1) is 18.8. The molecular weight excluding hydrogens is 518 g/mol. The maximum absolute atomic E-state index is 12.6. The van der Waals surface area contributed by atoms with Gasteiger partial charge in [-0.05, 0) is 67.4 Å². The number of hydrogen-bond acceptors (Lipinski definition) is 5. The number of hydrogen-bond donors (Lipinski definition) is 2. The number of esters is 1. The van der Waals surface area contributed by atoms with Crippen LogP contribution in [0.4, 0.5) is 0 Å². The van der Waals surface area contributed by atoms with Gasteiger partial charge >= 0.3 is 11.9 Å². The molecule has 0 aromatic heterocycles. The van der Waals surface area contributed by atoms with E-state index in [0.29, 0.717) is 29.2 Å². The molecule has 2 N–H and O–H groups in total. The van der Waals surface area contributed by atoms with Crippen LogP contribution in [-0.4, -0.2) is 35.6 Å². The van der Waals surface area contributed by atoms with Gasteiger partial charge < -0.3 is 19.9 Å². The molecule has 0 heterocycles. The molecule has 8 heteroatoms. The highest BCUT2D eigenvalue weighted by Crippen LogP contribution is 2.20. The van der Waals surface area contributed by atoms with E-state index >= 15 is 0 Å². The van der Waals surface area contributed by atoms with Crippen molar-refractivity contribution in [3.05, 3.63) is 94.0 Å². The SMILES string of the molecule is CCCCCCCOc1ccc(C(=O)Oc2ccc(C[C@H](NC(=O)c3cc(C)ccc3Cl)C(=O)O)cc2)cc1. The summed E-state index contributed by atoms with van der Waals surface area (Å²) in [7, 11) is 0. The maximum atomic E-state index is 12.6. The van der Waals surface area contributed by atoms with Gasteiger partial charge in [0.2, 0.25) is 0 Å². The number of aryl methyl sites for hydroxylation is 1. The van der Waals surface area contributed by atoms with Gasteiger partial charge in [0.15, 0.2) is 0 Å². The van der Waals surface area contributed by atoms with Crippen molar-refractivity contribution in [3.8, 4) is 11.5 Å². The van der Waals surface area contributed by atoms with Gasteiger partial charge in [-0.25, -0.2) is 9.59 Å². The minimum absolute atomic E-state index is 0.0405. The van der Waals surface area contributed by atoms with Gasteiger partial charge in [-0.3, -0.25) is 4.79 Å². The Bertz CT molecular complexity index is 1260. The monoisotopic (exact) mass is 551 g/mol. The number of rotatable bonds is 14. The van der Waals surface area contributed by atoms with Crippen LogP contribution in [0.25, 0.3) is 0 Å². The van der Waals surface area contributed by atoms with Gasteiger partial charge in [0.05, 0.1) is 22.8 Å². The van der Waals surface area contributed by atoms with Crippen LogP contribution in [0.3, 0.4) is 0 Å². The Morgan fingerprint density at radius 2 is 1.56 bits per heavy atom. The van der Waals surface area contributed by atoms with E-state index in [4.69, 9.17) is 21.1 Å². The van der Waals surface area contributed by atoms with Gasteiger partial charge in [-0.1, -0.05) is 68.0 Å². The molecule has 0 fully saturated rings. The number of unbranched alkanes of at least 4 members (excludes halogenated alkanes) is 4. The summed E-state index contributed by atoms with van der Waals surface area (Å²) in [5.74, 6) is -1.23. The molecule has 3 rings (SSSR count). The van der Waals surface area contributed by atoms with E-state index < -0.39 is 23.9 Å². The summed E-state index contributed by atoms with van der Waals surface area (Å²) in [4.78, 5) is 37.0. The average Bonchev–Trinajstić information content (AvgIpc) is 2.92. The normalized spacial score (nSPS) is 11.5. The molecule has 0 aliphatic carbocycles. The van der Waals surface area contributed by atoms with Crippen molar-refractivity contribution in [2.45, 2.75) is 58.4 Å². The first kappa shape index (κ1) is 29.7. The van der Waals surface area contributed by atoms with Gasteiger partial charge in [0.1, 0.15) is 17.5 Å². The van der Waals surface area contributed by atoms with E-state index in [9.17, 15) is 19.5 Å². The zero-order chi connectivity index (χ0) is 28.2. The molecule has 0 aliphatic rings. The fourth-order valence-electron chi connectivity index (χ4n) is 3.93. The molecule has 206 valence electrons. The van der Waals surface area contributed by atoms with Crippen LogP contribution in [-0.2, 0) is 11.2 Å². The summed E-state index contributed by atoms with van der Waals surface area (Å²) in [6.45, 7) is 4.65. The van der Waals surface area contributed by atoms with Crippen LogP contribution >= 0.6 is 11.6 Å². The lowest BCUT2D eigenvalue weighted by Crippen LogP contribution is -2.42. The summed E-state index contributed by atoms with van der Waals surface area (Å²) < 4.78 is 11.2. The Morgan fingerprint density at radius 1 is 0.897 bits per heavy atom. The third-order valence-electron chi connectivity index (χ3n) is 6.15. The topological polar surface area (TPSA) is 102 Å². The van der Waals surface area contributed by atoms with Crippen molar-refractivity contribution in [2.24, 2.45) is 0 Å². The number of carbonyl (C=O) groups excluding carboxylic acids is 2. The minimum atomic E-state index is -1.17. The Labute approximate surface area is 234 Å².